The summed E-state index contributed by atoms with van der Waals surface area (Å²) in [5.74, 6) is -0.299. The van der Waals surface area contributed by atoms with Crippen LogP contribution in [0.1, 0.15) is 71.8 Å². The Morgan fingerprint density at radius 3 is 2.09 bits per heavy atom. The van der Waals surface area contributed by atoms with Crippen LogP contribution in [0.25, 0.3) is 10.4 Å². The van der Waals surface area contributed by atoms with Gasteiger partial charge in [-0.25, -0.2) is 0 Å². The fraction of sp³-hybridized carbons (Fsp3) is 0.654. The average molecular weight is 488 g/mol. The van der Waals surface area contributed by atoms with Crippen molar-refractivity contribution < 1.29 is 19.1 Å². The molecule has 9 nitrogen and oxygen atoms in total. The summed E-state index contributed by atoms with van der Waals surface area (Å²) >= 11 is 0. The molecule has 0 spiro atoms. The first-order chi connectivity index (χ1) is 16.6. The number of azide groups is 1. The Kier molecular flexibility index (Phi) is 14.2. The number of amides is 2. The Morgan fingerprint density at radius 2 is 1.51 bits per heavy atom. The number of esters is 1. The molecule has 1 rings (SSSR count). The molecule has 35 heavy (non-hydrogen) atoms. The highest BCUT2D eigenvalue weighted by Gasteiger charge is 2.23. The van der Waals surface area contributed by atoms with Crippen molar-refractivity contribution in [1.82, 2.24) is 10.6 Å². The van der Waals surface area contributed by atoms with E-state index in [0.29, 0.717) is 25.7 Å². The third-order valence-electron chi connectivity index (χ3n) is 5.56. The van der Waals surface area contributed by atoms with Gasteiger partial charge in [-0.05, 0) is 48.6 Å². The molecule has 0 saturated carbocycles. The molecule has 0 unspecified atom stereocenters. The van der Waals surface area contributed by atoms with Crippen molar-refractivity contribution >= 4 is 17.8 Å². The second-order valence-corrected chi connectivity index (χ2v) is 9.86. The number of methoxy groups -OCH3 is 1. The van der Waals surface area contributed by atoms with Gasteiger partial charge < -0.3 is 15.4 Å². The van der Waals surface area contributed by atoms with Crippen molar-refractivity contribution in [2.75, 3.05) is 7.11 Å². The van der Waals surface area contributed by atoms with Crippen LogP contribution in [0.4, 0.5) is 0 Å². The molecule has 1 aromatic carbocycles. The molecule has 1 aromatic rings. The predicted molar refractivity (Wildman–Crippen MR) is 136 cm³/mol. The molecular formula is C26H41N5O4. The van der Waals surface area contributed by atoms with Crippen LogP contribution in [0.15, 0.2) is 35.4 Å². The van der Waals surface area contributed by atoms with E-state index in [0.717, 1.165) is 5.56 Å². The molecule has 0 aliphatic rings. The first-order valence-electron chi connectivity index (χ1n) is 12.4. The van der Waals surface area contributed by atoms with Gasteiger partial charge in [0, 0.05) is 35.9 Å². The summed E-state index contributed by atoms with van der Waals surface area (Å²) in [6.07, 6.45) is 2.81. The van der Waals surface area contributed by atoms with Crippen LogP contribution in [0, 0.1) is 11.8 Å². The Bertz CT molecular complexity index is 837. The predicted octanol–water partition coefficient (Wildman–Crippen LogP) is 4.70. The van der Waals surface area contributed by atoms with Gasteiger partial charge in [-0.2, -0.15) is 0 Å². The van der Waals surface area contributed by atoms with Gasteiger partial charge in [-0.1, -0.05) is 63.1 Å². The van der Waals surface area contributed by atoms with Gasteiger partial charge in [0.2, 0.25) is 11.8 Å². The van der Waals surface area contributed by atoms with E-state index < -0.39 is 6.04 Å². The fourth-order valence-corrected chi connectivity index (χ4v) is 4.06. The van der Waals surface area contributed by atoms with E-state index in [1.54, 1.807) is 0 Å². The first kappa shape index (κ1) is 30.0. The number of carbonyl (C=O) groups excluding carboxylic acids is 3. The molecule has 0 aliphatic heterocycles. The van der Waals surface area contributed by atoms with Crippen LogP contribution >= 0.6 is 0 Å². The van der Waals surface area contributed by atoms with Crippen LogP contribution < -0.4 is 10.6 Å². The second-order valence-electron chi connectivity index (χ2n) is 9.86. The summed E-state index contributed by atoms with van der Waals surface area (Å²) in [4.78, 5) is 40.3. The number of benzene rings is 1. The van der Waals surface area contributed by atoms with E-state index in [1.807, 2.05) is 58.0 Å². The molecule has 9 heteroatoms. The van der Waals surface area contributed by atoms with Crippen LogP contribution in [0.5, 0.6) is 0 Å². The number of carbonyl (C=O) groups is 3. The molecule has 0 bridgehead atoms. The first-order valence-corrected chi connectivity index (χ1v) is 12.4. The van der Waals surface area contributed by atoms with Gasteiger partial charge in [-0.15, -0.1) is 0 Å². The second kappa shape index (κ2) is 16.5. The molecule has 0 fully saturated rings. The zero-order valence-electron chi connectivity index (χ0n) is 21.7. The van der Waals surface area contributed by atoms with Crippen molar-refractivity contribution in [3.63, 3.8) is 0 Å². The topological polar surface area (TPSA) is 133 Å². The third kappa shape index (κ3) is 14.1. The SMILES string of the molecule is COC(=O)C[C@@H](CCc1ccccc1)NC(=O)C[C@@H](CC(C)C)NC(=O)C[C@@H](CC(C)C)N=[N+]=[N-]. The molecule has 0 aliphatic carbocycles. The van der Waals surface area contributed by atoms with E-state index in [2.05, 4.69) is 20.7 Å². The number of hydrogen-bond acceptors (Lipinski definition) is 5. The summed E-state index contributed by atoms with van der Waals surface area (Å²) in [5.41, 5.74) is 9.93. The summed E-state index contributed by atoms with van der Waals surface area (Å²) in [6.45, 7) is 8.07. The fourth-order valence-electron chi connectivity index (χ4n) is 4.06. The summed E-state index contributed by atoms with van der Waals surface area (Å²) in [7, 11) is 1.33. The summed E-state index contributed by atoms with van der Waals surface area (Å²) in [6, 6.07) is 8.72. The van der Waals surface area contributed by atoms with Crippen LogP contribution in [0.3, 0.4) is 0 Å². The Hall–Kier alpha value is -3.06. The van der Waals surface area contributed by atoms with Crippen molar-refractivity contribution in [3.8, 4) is 0 Å². The quantitative estimate of drug-likeness (QED) is 0.151. The van der Waals surface area contributed by atoms with Gasteiger partial charge in [0.25, 0.3) is 0 Å². The van der Waals surface area contributed by atoms with Gasteiger partial charge in [0.1, 0.15) is 0 Å². The molecule has 2 N–H and O–H groups in total. The van der Waals surface area contributed by atoms with E-state index in [1.165, 1.54) is 7.11 Å². The molecule has 3 atom stereocenters. The molecule has 0 radical (unpaired) electrons. The highest BCUT2D eigenvalue weighted by atomic mass is 16.5. The minimum atomic E-state index is -0.420. The lowest BCUT2D eigenvalue weighted by Gasteiger charge is -2.23. The van der Waals surface area contributed by atoms with Crippen molar-refractivity contribution in [3.05, 3.63) is 46.3 Å². The average Bonchev–Trinajstić information content (AvgIpc) is 2.77. The van der Waals surface area contributed by atoms with Gasteiger partial charge >= 0.3 is 5.97 Å². The summed E-state index contributed by atoms with van der Waals surface area (Å²) < 4.78 is 4.80. The molecule has 194 valence electrons. The van der Waals surface area contributed by atoms with Crippen molar-refractivity contribution in [2.45, 2.75) is 90.8 Å². The Labute approximate surface area is 209 Å². The molecule has 0 aromatic heterocycles. The highest BCUT2D eigenvalue weighted by Crippen LogP contribution is 2.15. The molecular weight excluding hydrogens is 446 g/mol. The van der Waals surface area contributed by atoms with Crippen molar-refractivity contribution in [1.29, 1.82) is 0 Å². The van der Waals surface area contributed by atoms with Crippen molar-refractivity contribution in [2.24, 2.45) is 17.0 Å². The number of hydrogen-bond donors (Lipinski definition) is 2. The lowest BCUT2D eigenvalue weighted by atomic mass is 9.98. The minimum absolute atomic E-state index is 0.0827. The Balaban J connectivity index is 2.77. The van der Waals surface area contributed by atoms with Gasteiger partial charge in [0.15, 0.2) is 0 Å². The number of aryl methyl sites for hydroxylation is 1. The lowest BCUT2D eigenvalue weighted by Crippen LogP contribution is -2.43. The smallest absolute Gasteiger partial charge is 0.307 e. The van der Waals surface area contributed by atoms with Crippen LogP contribution in [0.2, 0.25) is 0 Å². The Morgan fingerprint density at radius 1 is 0.914 bits per heavy atom. The van der Waals surface area contributed by atoms with Crippen LogP contribution in [-0.2, 0) is 25.5 Å². The van der Waals surface area contributed by atoms with Gasteiger partial charge in [-0.3, -0.25) is 14.4 Å². The maximum absolute atomic E-state index is 12.9. The molecule has 2 amide bonds. The number of nitrogens with one attached hydrogen (secondary N) is 2. The monoisotopic (exact) mass is 487 g/mol. The van der Waals surface area contributed by atoms with E-state index in [9.17, 15) is 14.4 Å². The summed E-state index contributed by atoms with van der Waals surface area (Å²) in [5, 5.41) is 9.66. The molecule has 0 saturated heterocycles. The normalized spacial score (nSPS) is 13.5. The highest BCUT2D eigenvalue weighted by molar-refractivity contribution is 5.80. The zero-order chi connectivity index (χ0) is 26.2. The minimum Gasteiger partial charge on any atom is -0.469 e. The lowest BCUT2D eigenvalue weighted by molar-refractivity contribution is -0.141. The maximum atomic E-state index is 12.9. The van der Waals surface area contributed by atoms with Crippen LogP contribution in [-0.4, -0.2) is 43.0 Å². The number of nitrogens with zero attached hydrogens (tertiary/aromatic N) is 3. The standard InChI is InChI=1S/C26H41N5O4/c1-18(2)13-22(29-25(33)16-23(30-31-27)14-19(3)4)15-24(32)28-21(17-26(34)35-5)12-11-20-9-7-6-8-10-20/h6-10,18-19,21-23H,11-17H2,1-5H3,(H,28,32)(H,29,33)/t21-,22-,23-/m1/s1. The van der Waals surface area contributed by atoms with E-state index >= 15 is 0 Å². The number of rotatable bonds is 16. The zero-order valence-corrected chi connectivity index (χ0v) is 21.7. The van der Waals surface area contributed by atoms with E-state index in [4.69, 9.17) is 10.3 Å². The third-order valence-corrected chi connectivity index (χ3v) is 5.56. The molecule has 0 heterocycles. The van der Waals surface area contributed by atoms with E-state index in [-0.39, 0.29) is 61.0 Å². The maximum Gasteiger partial charge on any atom is 0.307 e. The number of ether oxygens (including phenoxy) is 1. The largest absolute Gasteiger partial charge is 0.469 e. The van der Waals surface area contributed by atoms with Gasteiger partial charge in [0.05, 0.1) is 13.5 Å².